The van der Waals surface area contributed by atoms with Gasteiger partial charge in [0.25, 0.3) is 5.56 Å². The Bertz CT molecular complexity index is 1120. The topological polar surface area (TPSA) is 80.1 Å². The van der Waals surface area contributed by atoms with Crippen molar-refractivity contribution in [2.45, 2.75) is 18.8 Å². The minimum atomic E-state index is -0.305. The van der Waals surface area contributed by atoms with Crippen molar-refractivity contribution >= 4 is 11.7 Å². The van der Waals surface area contributed by atoms with E-state index in [4.69, 9.17) is 0 Å². The minimum Gasteiger partial charge on any atom is -0.324 e. The first kappa shape index (κ1) is 19.8. The molecule has 0 atom stereocenters. The van der Waals surface area contributed by atoms with Crippen LogP contribution in [-0.2, 0) is 7.05 Å². The molecule has 0 bridgehead atoms. The number of hydrogen-bond donors (Lipinski definition) is 1. The van der Waals surface area contributed by atoms with Crippen molar-refractivity contribution in [3.05, 3.63) is 76.9 Å². The average Bonchev–Trinajstić information content (AvgIpc) is 2.77. The van der Waals surface area contributed by atoms with E-state index in [-0.39, 0.29) is 29.0 Å². The van der Waals surface area contributed by atoms with Gasteiger partial charge in [-0.15, -0.1) is 0 Å². The zero-order chi connectivity index (χ0) is 21.1. The van der Waals surface area contributed by atoms with Crippen molar-refractivity contribution in [2.75, 3.05) is 18.4 Å². The molecular weight excluding hydrogens is 385 g/mol. The maximum absolute atomic E-state index is 13.5. The number of benzene rings is 1. The molecule has 3 aromatic rings. The van der Waals surface area contributed by atoms with Crippen molar-refractivity contribution < 1.29 is 9.18 Å². The third-order valence-corrected chi connectivity index (χ3v) is 5.31. The van der Waals surface area contributed by atoms with Gasteiger partial charge < -0.3 is 14.8 Å². The van der Waals surface area contributed by atoms with Gasteiger partial charge in [-0.1, -0.05) is 12.1 Å². The quantitative estimate of drug-likeness (QED) is 0.722. The Morgan fingerprint density at radius 1 is 1.17 bits per heavy atom. The van der Waals surface area contributed by atoms with E-state index in [2.05, 4.69) is 15.3 Å². The summed E-state index contributed by atoms with van der Waals surface area (Å²) in [6.07, 6.45) is 4.76. The summed E-state index contributed by atoms with van der Waals surface area (Å²) < 4.78 is 14.9. The molecule has 0 saturated carbocycles. The van der Waals surface area contributed by atoms with Gasteiger partial charge in [-0.25, -0.2) is 19.2 Å². The molecule has 1 aliphatic rings. The Labute approximate surface area is 173 Å². The van der Waals surface area contributed by atoms with Gasteiger partial charge in [0.2, 0.25) is 0 Å². The predicted octanol–water partition coefficient (Wildman–Crippen LogP) is 3.39. The van der Waals surface area contributed by atoms with Crippen molar-refractivity contribution in [1.29, 1.82) is 0 Å². The van der Waals surface area contributed by atoms with E-state index < -0.39 is 0 Å². The van der Waals surface area contributed by atoms with E-state index in [1.54, 1.807) is 48.6 Å². The lowest BCUT2D eigenvalue weighted by Gasteiger charge is -2.31. The van der Waals surface area contributed by atoms with Crippen molar-refractivity contribution in [3.63, 3.8) is 0 Å². The lowest BCUT2D eigenvalue weighted by atomic mass is 9.96. The fourth-order valence-corrected chi connectivity index (χ4v) is 3.61. The van der Waals surface area contributed by atoms with Gasteiger partial charge in [0.05, 0.1) is 5.69 Å². The molecule has 4 rings (SSSR count). The number of pyridine rings is 1. The molecule has 3 heterocycles. The number of rotatable bonds is 3. The van der Waals surface area contributed by atoms with Gasteiger partial charge in [-0.05, 0) is 43.2 Å². The molecule has 1 saturated heterocycles. The molecule has 1 fully saturated rings. The summed E-state index contributed by atoms with van der Waals surface area (Å²) in [5.74, 6) is 0.515. The highest BCUT2D eigenvalue weighted by Crippen LogP contribution is 2.27. The molecule has 2 amide bonds. The molecule has 8 heteroatoms. The Kier molecular flexibility index (Phi) is 5.56. The standard InChI is InChI=1S/C22H22FN5O2/c1-27-11-3-6-19(21(27)29)26-22(30)28-12-8-15(9-13-28)20-24-10-7-18(25-20)16-4-2-5-17(23)14-16/h2-7,10-11,14-15H,8-9,12-13H2,1H3,(H,26,30). The van der Waals surface area contributed by atoms with E-state index >= 15 is 0 Å². The highest BCUT2D eigenvalue weighted by Gasteiger charge is 2.26. The summed E-state index contributed by atoms with van der Waals surface area (Å²) in [6, 6.07) is 11.1. The molecule has 0 radical (unpaired) electrons. The Balaban J connectivity index is 1.41. The van der Waals surface area contributed by atoms with Crippen molar-refractivity contribution in [1.82, 2.24) is 19.4 Å². The van der Waals surface area contributed by atoms with Crippen LogP contribution in [0.1, 0.15) is 24.6 Å². The second-order valence-electron chi connectivity index (χ2n) is 7.34. The summed E-state index contributed by atoms with van der Waals surface area (Å²) in [4.78, 5) is 35.4. The first-order valence-electron chi connectivity index (χ1n) is 9.82. The normalized spacial score (nSPS) is 14.5. The fraction of sp³-hybridized carbons (Fsp3) is 0.273. The van der Waals surface area contributed by atoms with Crippen LogP contribution in [0.25, 0.3) is 11.3 Å². The van der Waals surface area contributed by atoms with E-state index in [1.165, 1.54) is 16.7 Å². The number of anilines is 1. The van der Waals surface area contributed by atoms with Gasteiger partial charge in [0, 0.05) is 44.0 Å². The van der Waals surface area contributed by atoms with Crippen LogP contribution in [0, 0.1) is 5.82 Å². The molecule has 30 heavy (non-hydrogen) atoms. The number of hydrogen-bond acceptors (Lipinski definition) is 4. The van der Waals surface area contributed by atoms with E-state index in [1.807, 2.05) is 6.07 Å². The summed E-state index contributed by atoms with van der Waals surface area (Å²) >= 11 is 0. The first-order valence-corrected chi connectivity index (χ1v) is 9.82. The van der Waals surface area contributed by atoms with E-state index in [0.717, 1.165) is 0 Å². The fourth-order valence-electron chi connectivity index (χ4n) is 3.61. The number of carbonyl (C=O) groups excluding carboxylic acids is 1. The zero-order valence-corrected chi connectivity index (χ0v) is 16.6. The number of nitrogens with one attached hydrogen (secondary N) is 1. The van der Waals surface area contributed by atoms with Crippen LogP contribution >= 0.6 is 0 Å². The lowest BCUT2D eigenvalue weighted by molar-refractivity contribution is 0.193. The molecule has 0 aliphatic carbocycles. The van der Waals surface area contributed by atoms with Crippen LogP contribution in [0.5, 0.6) is 0 Å². The summed E-state index contributed by atoms with van der Waals surface area (Å²) in [6.45, 7) is 1.08. The zero-order valence-electron chi connectivity index (χ0n) is 16.6. The van der Waals surface area contributed by atoms with E-state index in [9.17, 15) is 14.0 Å². The average molecular weight is 407 g/mol. The minimum absolute atomic E-state index is 0.118. The van der Waals surface area contributed by atoms with E-state index in [0.29, 0.717) is 43.0 Å². The monoisotopic (exact) mass is 407 g/mol. The molecule has 0 spiro atoms. The maximum Gasteiger partial charge on any atom is 0.321 e. The molecule has 154 valence electrons. The molecule has 2 aromatic heterocycles. The lowest BCUT2D eigenvalue weighted by Crippen LogP contribution is -2.41. The number of carbonyl (C=O) groups is 1. The SMILES string of the molecule is Cn1cccc(NC(=O)N2CCC(c3nccc(-c4cccc(F)c4)n3)CC2)c1=O. The van der Waals surface area contributed by atoms with Crippen molar-refractivity contribution in [2.24, 2.45) is 7.05 Å². The highest BCUT2D eigenvalue weighted by atomic mass is 19.1. The predicted molar refractivity (Wildman–Crippen MR) is 112 cm³/mol. The molecule has 0 unspecified atom stereocenters. The number of urea groups is 1. The van der Waals surface area contributed by atoms with Gasteiger partial charge in [0.1, 0.15) is 17.3 Å². The summed E-state index contributed by atoms with van der Waals surface area (Å²) in [7, 11) is 1.64. The van der Waals surface area contributed by atoms with Crippen LogP contribution in [0.3, 0.4) is 0 Å². The van der Waals surface area contributed by atoms with Gasteiger partial charge in [0.15, 0.2) is 0 Å². The third kappa shape index (κ3) is 4.22. The molecular formula is C22H22FN5O2. The van der Waals surface area contributed by atoms with Crippen molar-refractivity contribution in [3.8, 4) is 11.3 Å². The number of likely N-dealkylation sites (tertiary alicyclic amines) is 1. The first-order chi connectivity index (χ1) is 14.5. The number of piperidine rings is 1. The second kappa shape index (κ2) is 8.44. The van der Waals surface area contributed by atoms with Crippen LogP contribution in [0.15, 0.2) is 59.7 Å². The summed E-state index contributed by atoms with van der Waals surface area (Å²) in [5, 5.41) is 2.70. The molecule has 1 aliphatic heterocycles. The van der Waals surface area contributed by atoms with Gasteiger partial charge >= 0.3 is 6.03 Å². The number of aryl methyl sites for hydroxylation is 1. The number of aromatic nitrogens is 3. The smallest absolute Gasteiger partial charge is 0.321 e. The third-order valence-electron chi connectivity index (χ3n) is 5.31. The van der Waals surface area contributed by atoms with Crippen LogP contribution in [0.2, 0.25) is 0 Å². The largest absolute Gasteiger partial charge is 0.324 e. The van der Waals surface area contributed by atoms with Gasteiger partial charge in [-0.2, -0.15) is 0 Å². The molecule has 1 N–H and O–H groups in total. The Morgan fingerprint density at radius 3 is 2.73 bits per heavy atom. The maximum atomic E-state index is 13.5. The van der Waals surface area contributed by atoms with Gasteiger partial charge in [-0.3, -0.25) is 4.79 Å². The number of halogens is 1. The second-order valence-corrected chi connectivity index (χ2v) is 7.34. The van der Waals surface area contributed by atoms with Crippen LogP contribution in [0.4, 0.5) is 14.9 Å². The Morgan fingerprint density at radius 2 is 1.97 bits per heavy atom. The summed E-state index contributed by atoms with van der Waals surface area (Å²) in [5.41, 5.74) is 1.40. The van der Waals surface area contributed by atoms with Crippen LogP contribution < -0.4 is 10.9 Å². The number of amides is 2. The molecule has 1 aromatic carbocycles. The highest BCUT2D eigenvalue weighted by molar-refractivity contribution is 5.89. The number of nitrogens with zero attached hydrogens (tertiary/aromatic N) is 4. The Hall–Kier alpha value is -3.55. The van der Waals surface area contributed by atoms with Crippen LogP contribution in [-0.4, -0.2) is 38.6 Å². The molecule has 7 nitrogen and oxygen atoms in total.